The SMILES string of the molecule is CCOC(=O)N1CCN(C(=O)CNC(=O)CCc2ccc(C)cc2)CC1. The molecule has 142 valence electrons. The predicted molar refractivity (Wildman–Crippen MR) is 97.7 cm³/mol. The largest absolute Gasteiger partial charge is 0.450 e. The third kappa shape index (κ3) is 6.06. The van der Waals surface area contributed by atoms with Crippen molar-refractivity contribution in [2.24, 2.45) is 0 Å². The van der Waals surface area contributed by atoms with Crippen LogP contribution >= 0.6 is 0 Å². The highest BCUT2D eigenvalue weighted by Gasteiger charge is 2.24. The van der Waals surface area contributed by atoms with Crippen LogP contribution in [0.4, 0.5) is 4.79 Å². The standard InChI is InChI=1S/C19H27N3O4/c1-3-26-19(25)22-12-10-21(11-13-22)18(24)14-20-17(23)9-8-16-6-4-15(2)5-7-16/h4-7H,3,8-14H2,1-2H3,(H,20,23). The number of aryl methyl sites for hydroxylation is 2. The Morgan fingerprint density at radius 1 is 1.04 bits per heavy atom. The zero-order valence-electron chi connectivity index (χ0n) is 15.5. The lowest BCUT2D eigenvalue weighted by Crippen LogP contribution is -2.52. The van der Waals surface area contributed by atoms with Gasteiger partial charge in [0.15, 0.2) is 0 Å². The first-order chi connectivity index (χ1) is 12.5. The van der Waals surface area contributed by atoms with E-state index in [-0.39, 0.29) is 24.5 Å². The van der Waals surface area contributed by atoms with Crippen molar-refractivity contribution < 1.29 is 19.1 Å². The van der Waals surface area contributed by atoms with Crippen molar-refractivity contribution in [1.29, 1.82) is 0 Å². The van der Waals surface area contributed by atoms with Crippen molar-refractivity contribution >= 4 is 17.9 Å². The second-order valence-corrected chi connectivity index (χ2v) is 6.33. The number of ether oxygens (including phenoxy) is 1. The maximum Gasteiger partial charge on any atom is 0.409 e. The van der Waals surface area contributed by atoms with Crippen LogP contribution in [0.3, 0.4) is 0 Å². The third-order valence-electron chi connectivity index (χ3n) is 4.36. The molecule has 1 heterocycles. The van der Waals surface area contributed by atoms with E-state index in [0.29, 0.717) is 45.6 Å². The summed E-state index contributed by atoms with van der Waals surface area (Å²) in [5, 5.41) is 2.68. The predicted octanol–water partition coefficient (Wildman–Crippen LogP) is 1.34. The van der Waals surface area contributed by atoms with Crippen LogP contribution in [0.15, 0.2) is 24.3 Å². The van der Waals surface area contributed by atoms with Crippen LogP contribution in [0.1, 0.15) is 24.5 Å². The molecule has 0 spiro atoms. The first-order valence-corrected chi connectivity index (χ1v) is 9.01. The summed E-state index contributed by atoms with van der Waals surface area (Å²) in [7, 11) is 0. The molecule has 0 atom stereocenters. The highest BCUT2D eigenvalue weighted by Crippen LogP contribution is 2.06. The Morgan fingerprint density at radius 2 is 1.65 bits per heavy atom. The number of carbonyl (C=O) groups is 3. The lowest BCUT2D eigenvalue weighted by Gasteiger charge is -2.34. The minimum atomic E-state index is -0.344. The number of rotatable bonds is 6. The maximum absolute atomic E-state index is 12.2. The van der Waals surface area contributed by atoms with E-state index in [1.165, 1.54) is 5.56 Å². The zero-order valence-corrected chi connectivity index (χ0v) is 15.5. The van der Waals surface area contributed by atoms with E-state index >= 15 is 0 Å². The highest BCUT2D eigenvalue weighted by atomic mass is 16.6. The zero-order chi connectivity index (χ0) is 18.9. The van der Waals surface area contributed by atoms with E-state index < -0.39 is 0 Å². The summed E-state index contributed by atoms with van der Waals surface area (Å²) in [5.41, 5.74) is 2.29. The molecule has 1 aliphatic heterocycles. The fourth-order valence-electron chi connectivity index (χ4n) is 2.74. The molecule has 3 amide bonds. The maximum atomic E-state index is 12.2. The molecule has 0 unspecified atom stereocenters. The van der Waals surface area contributed by atoms with Gasteiger partial charge in [0.1, 0.15) is 0 Å². The van der Waals surface area contributed by atoms with Gasteiger partial charge in [-0.2, -0.15) is 0 Å². The van der Waals surface area contributed by atoms with Gasteiger partial charge in [-0.1, -0.05) is 29.8 Å². The van der Waals surface area contributed by atoms with Crippen molar-refractivity contribution in [2.45, 2.75) is 26.7 Å². The molecule has 0 saturated carbocycles. The van der Waals surface area contributed by atoms with Crippen molar-refractivity contribution in [1.82, 2.24) is 15.1 Å². The summed E-state index contributed by atoms with van der Waals surface area (Å²) in [6.07, 6.45) is 0.662. The summed E-state index contributed by atoms with van der Waals surface area (Å²) in [4.78, 5) is 39.0. The van der Waals surface area contributed by atoms with Gasteiger partial charge >= 0.3 is 6.09 Å². The molecule has 0 radical (unpaired) electrons. The number of amides is 3. The summed E-state index contributed by atoms with van der Waals surface area (Å²) in [6.45, 7) is 5.93. The van der Waals surface area contributed by atoms with Gasteiger partial charge in [0.05, 0.1) is 13.2 Å². The molecule has 0 aliphatic carbocycles. The quantitative estimate of drug-likeness (QED) is 0.829. The van der Waals surface area contributed by atoms with Crippen LogP contribution in [-0.2, 0) is 20.7 Å². The molecule has 1 aromatic rings. The van der Waals surface area contributed by atoms with E-state index in [1.54, 1.807) is 16.7 Å². The van der Waals surface area contributed by atoms with Gasteiger partial charge in [-0.05, 0) is 25.8 Å². The Balaban J connectivity index is 1.66. The van der Waals surface area contributed by atoms with Crippen molar-refractivity contribution in [3.63, 3.8) is 0 Å². The lowest BCUT2D eigenvalue weighted by molar-refractivity contribution is -0.134. The first kappa shape index (κ1) is 19.8. The Morgan fingerprint density at radius 3 is 2.27 bits per heavy atom. The summed E-state index contributed by atoms with van der Waals surface area (Å²) < 4.78 is 4.95. The fraction of sp³-hybridized carbons (Fsp3) is 0.526. The molecule has 1 N–H and O–H groups in total. The second kappa shape index (κ2) is 9.79. The Bertz CT molecular complexity index is 622. The van der Waals surface area contributed by atoms with Crippen LogP contribution in [-0.4, -0.2) is 67.0 Å². The minimum Gasteiger partial charge on any atom is -0.450 e. The van der Waals surface area contributed by atoms with Gasteiger partial charge in [0.25, 0.3) is 0 Å². The molecule has 1 fully saturated rings. The number of hydrogen-bond donors (Lipinski definition) is 1. The Hall–Kier alpha value is -2.57. The molecule has 2 rings (SSSR count). The number of nitrogens with zero attached hydrogens (tertiary/aromatic N) is 2. The smallest absolute Gasteiger partial charge is 0.409 e. The fourth-order valence-corrected chi connectivity index (χ4v) is 2.74. The second-order valence-electron chi connectivity index (χ2n) is 6.33. The number of benzene rings is 1. The molecule has 1 saturated heterocycles. The molecular weight excluding hydrogens is 334 g/mol. The number of carbonyl (C=O) groups excluding carboxylic acids is 3. The van der Waals surface area contributed by atoms with Gasteiger partial charge in [0, 0.05) is 32.6 Å². The summed E-state index contributed by atoms with van der Waals surface area (Å²) in [5.74, 6) is -0.263. The van der Waals surface area contributed by atoms with Gasteiger partial charge in [-0.25, -0.2) is 4.79 Å². The average Bonchev–Trinajstić information content (AvgIpc) is 2.66. The Kier molecular flexibility index (Phi) is 7.44. The van der Waals surface area contributed by atoms with Crippen LogP contribution in [0.2, 0.25) is 0 Å². The third-order valence-corrected chi connectivity index (χ3v) is 4.36. The van der Waals surface area contributed by atoms with Gasteiger partial charge < -0.3 is 19.9 Å². The van der Waals surface area contributed by atoms with E-state index in [1.807, 2.05) is 31.2 Å². The van der Waals surface area contributed by atoms with E-state index in [0.717, 1.165) is 5.56 Å². The van der Waals surface area contributed by atoms with Crippen molar-refractivity contribution in [2.75, 3.05) is 39.3 Å². The van der Waals surface area contributed by atoms with Crippen molar-refractivity contribution in [3.05, 3.63) is 35.4 Å². The Labute approximate surface area is 154 Å². The summed E-state index contributed by atoms with van der Waals surface area (Å²) >= 11 is 0. The van der Waals surface area contributed by atoms with Crippen LogP contribution in [0, 0.1) is 6.92 Å². The van der Waals surface area contributed by atoms with Crippen LogP contribution in [0.5, 0.6) is 0 Å². The molecule has 26 heavy (non-hydrogen) atoms. The molecule has 1 aliphatic rings. The van der Waals surface area contributed by atoms with E-state index in [9.17, 15) is 14.4 Å². The van der Waals surface area contributed by atoms with Gasteiger partial charge in [-0.3, -0.25) is 9.59 Å². The van der Waals surface area contributed by atoms with Crippen LogP contribution in [0.25, 0.3) is 0 Å². The van der Waals surface area contributed by atoms with Gasteiger partial charge in [0.2, 0.25) is 11.8 Å². The van der Waals surface area contributed by atoms with Crippen LogP contribution < -0.4 is 5.32 Å². The first-order valence-electron chi connectivity index (χ1n) is 9.01. The normalized spacial score (nSPS) is 14.1. The number of hydrogen-bond acceptors (Lipinski definition) is 4. The molecule has 7 nitrogen and oxygen atoms in total. The molecule has 0 aromatic heterocycles. The number of nitrogens with one attached hydrogen (secondary N) is 1. The topological polar surface area (TPSA) is 79.0 Å². The molecule has 7 heteroatoms. The lowest BCUT2D eigenvalue weighted by atomic mass is 10.1. The van der Waals surface area contributed by atoms with Crippen molar-refractivity contribution in [3.8, 4) is 0 Å². The molecular formula is C19H27N3O4. The molecule has 1 aromatic carbocycles. The van der Waals surface area contributed by atoms with E-state index in [2.05, 4.69) is 5.32 Å². The number of piperazine rings is 1. The average molecular weight is 361 g/mol. The molecule has 0 bridgehead atoms. The highest BCUT2D eigenvalue weighted by molar-refractivity contribution is 5.85. The van der Waals surface area contributed by atoms with E-state index in [4.69, 9.17) is 4.74 Å². The van der Waals surface area contributed by atoms with Gasteiger partial charge in [-0.15, -0.1) is 0 Å². The minimum absolute atomic E-state index is 0.00780. The monoisotopic (exact) mass is 361 g/mol. The summed E-state index contributed by atoms with van der Waals surface area (Å²) in [6, 6.07) is 8.06.